The highest BCUT2D eigenvalue weighted by Gasteiger charge is 2.24. The highest BCUT2D eigenvalue weighted by Crippen LogP contribution is 2.30. The summed E-state index contributed by atoms with van der Waals surface area (Å²) in [5.74, 6) is -0.163. The summed E-state index contributed by atoms with van der Waals surface area (Å²) < 4.78 is 0. The largest absolute Gasteiger partial charge is 0.465 e. The van der Waals surface area contributed by atoms with Crippen molar-refractivity contribution in [3.63, 3.8) is 0 Å². The van der Waals surface area contributed by atoms with Crippen LogP contribution >= 0.6 is 11.6 Å². The zero-order chi connectivity index (χ0) is 22.1. The Bertz CT molecular complexity index is 1240. The first-order valence-corrected chi connectivity index (χ1v) is 10.1. The molecule has 0 bridgehead atoms. The molecule has 0 aliphatic carbocycles. The molecule has 4 rings (SSSR count). The molecule has 0 spiro atoms. The van der Waals surface area contributed by atoms with E-state index in [-0.39, 0.29) is 5.91 Å². The number of amides is 2. The molecule has 3 aromatic rings. The van der Waals surface area contributed by atoms with Gasteiger partial charge in [0, 0.05) is 42.7 Å². The zero-order valence-corrected chi connectivity index (χ0v) is 17.6. The van der Waals surface area contributed by atoms with Crippen molar-refractivity contribution in [3.8, 4) is 17.3 Å². The van der Waals surface area contributed by atoms with Crippen molar-refractivity contribution in [1.82, 2.24) is 14.8 Å². The molecule has 1 aliphatic rings. The van der Waals surface area contributed by atoms with Crippen LogP contribution in [0, 0.1) is 18.3 Å². The van der Waals surface area contributed by atoms with E-state index in [0.29, 0.717) is 53.5 Å². The number of nitriles is 1. The minimum Gasteiger partial charge on any atom is -0.465 e. The number of carbonyl (C=O) groups is 2. The van der Waals surface area contributed by atoms with E-state index in [1.165, 1.54) is 4.90 Å². The smallest absolute Gasteiger partial charge is 0.407 e. The summed E-state index contributed by atoms with van der Waals surface area (Å²) >= 11 is 6.49. The summed E-state index contributed by atoms with van der Waals surface area (Å²) in [6, 6.07) is 14.6. The van der Waals surface area contributed by atoms with Crippen LogP contribution in [-0.2, 0) is 0 Å². The predicted octanol–water partition coefficient (Wildman–Crippen LogP) is 4.17. The average molecular weight is 435 g/mol. The third kappa shape index (κ3) is 4.03. The number of aromatic nitrogens is 1. The van der Waals surface area contributed by atoms with Gasteiger partial charge in [-0.05, 0) is 42.8 Å². The van der Waals surface area contributed by atoms with E-state index in [2.05, 4.69) is 6.07 Å². The quantitative estimate of drug-likeness (QED) is 0.652. The first kappa shape index (κ1) is 20.6. The van der Waals surface area contributed by atoms with Gasteiger partial charge in [0.05, 0.1) is 27.9 Å². The van der Waals surface area contributed by atoms with Crippen molar-refractivity contribution < 1.29 is 14.7 Å². The summed E-state index contributed by atoms with van der Waals surface area (Å²) in [5, 5.41) is 19.5. The topological polar surface area (TPSA) is 97.5 Å². The lowest BCUT2D eigenvalue weighted by atomic mass is 10.0. The van der Waals surface area contributed by atoms with Crippen LogP contribution < -0.4 is 0 Å². The first-order chi connectivity index (χ1) is 14.9. The maximum atomic E-state index is 12.9. The summed E-state index contributed by atoms with van der Waals surface area (Å²) in [7, 11) is 0. The normalized spacial score (nSPS) is 13.8. The van der Waals surface area contributed by atoms with Gasteiger partial charge in [0.1, 0.15) is 0 Å². The number of carboxylic acid groups (broad SMARTS) is 1. The molecular formula is C23H19ClN4O3. The van der Waals surface area contributed by atoms with Crippen LogP contribution in [0.15, 0.2) is 42.5 Å². The van der Waals surface area contributed by atoms with Crippen molar-refractivity contribution in [2.24, 2.45) is 0 Å². The number of hydrogen-bond donors (Lipinski definition) is 1. The van der Waals surface area contributed by atoms with Crippen LogP contribution in [0.2, 0.25) is 5.02 Å². The van der Waals surface area contributed by atoms with Crippen LogP contribution in [0.1, 0.15) is 21.5 Å². The van der Waals surface area contributed by atoms with Crippen LogP contribution in [0.3, 0.4) is 0 Å². The van der Waals surface area contributed by atoms with Crippen molar-refractivity contribution in [1.29, 1.82) is 5.26 Å². The number of aryl methyl sites for hydroxylation is 1. The fourth-order valence-corrected chi connectivity index (χ4v) is 3.96. The Balaban J connectivity index is 1.66. The van der Waals surface area contributed by atoms with Gasteiger partial charge < -0.3 is 14.9 Å². The fraction of sp³-hybridized carbons (Fsp3) is 0.217. The van der Waals surface area contributed by atoms with Crippen molar-refractivity contribution >= 4 is 34.5 Å². The maximum absolute atomic E-state index is 12.9. The molecule has 1 fully saturated rings. The molecule has 7 nitrogen and oxygen atoms in total. The Labute approximate surface area is 184 Å². The number of benzene rings is 2. The first-order valence-electron chi connectivity index (χ1n) is 9.76. The highest BCUT2D eigenvalue weighted by atomic mass is 35.5. The van der Waals surface area contributed by atoms with Gasteiger partial charge in [0.2, 0.25) is 0 Å². The lowest BCUT2D eigenvalue weighted by Gasteiger charge is -2.33. The number of nitrogens with zero attached hydrogens (tertiary/aromatic N) is 4. The Hall–Kier alpha value is -3.63. The summed E-state index contributed by atoms with van der Waals surface area (Å²) in [4.78, 5) is 31.7. The molecule has 1 N–H and O–H groups in total. The Morgan fingerprint density at radius 2 is 1.77 bits per heavy atom. The van der Waals surface area contributed by atoms with Crippen LogP contribution in [0.25, 0.3) is 22.2 Å². The van der Waals surface area contributed by atoms with Gasteiger partial charge in [-0.25, -0.2) is 9.78 Å². The standard InChI is InChI=1S/C23H19ClN4O3/c1-14-10-15(2-3-17(14)13-25)20-12-19(24)18-5-4-16(11-21(18)26-20)22(29)27-6-8-28(9-7-27)23(30)31/h2-5,10-12H,6-9H2,1H3,(H,30,31). The molecule has 8 heteroatoms. The van der Waals surface area contributed by atoms with Gasteiger partial charge in [-0.15, -0.1) is 0 Å². The lowest BCUT2D eigenvalue weighted by molar-refractivity contribution is 0.0625. The van der Waals surface area contributed by atoms with Gasteiger partial charge >= 0.3 is 6.09 Å². The summed E-state index contributed by atoms with van der Waals surface area (Å²) in [6.07, 6.45) is -0.970. The van der Waals surface area contributed by atoms with Gasteiger partial charge in [-0.1, -0.05) is 23.7 Å². The second-order valence-electron chi connectivity index (χ2n) is 7.42. The van der Waals surface area contributed by atoms with E-state index in [1.807, 2.05) is 19.1 Å². The molecule has 2 heterocycles. The maximum Gasteiger partial charge on any atom is 0.407 e. The predicted molar refractivity (Wildman–Crippen MR) is 117 cm³/mol. The molecule has 0 atom stereocenters. The van der Waals surface area contributed by atoms with Crippen molar-refractivity contribution in [2.75, 3.05) is 26.2 Å². The minimum atomic E-state index is -0.970. The molecule has 0 radical (unpaired) electrons. The number of rotatable bonds is 2. The SMILES string of the molecule is Cc1cc(-c2cc(Cl)c3ccc(C(=O)N4CCN(C(=O)O)CC4)cc3n2)ccc1C#N. The van der Waals surface area contributed by atoms with Gasteiger partial charge in [-0.2, -0.15) is 5.26 Å². The Morgan fingerprint density at radius 1 is 1.06 bits per heavy atom. The molecule has 0 saturated carbocycles. The highest BCUT2D eigenvalue weighted by molar-refractivity contribution is 6.35. The zero-order valence-electron chi connectivity index (χ0n) is 16.8. The van der Waals surface area contributed by atoms with Crippen LogP contribution in [0.5, 0.6) is 0 Å². The molecule has 1 saturated heterocycles. The van der Waals surface area contributed by atoms with Crippen molar-refractivity contribution in [2.45, 2.75) is 6.92 Å². The van der Waals surface area contributed by atoms with Gasteiger partial charge in [-0.3, -0.25) is 4.79 Å². The lowest BCUT2D eigenvalue weighted by Crippen LogP contribution is -2.50. The molecule has 1 aromatic heterocycles. The monoisotopic (exact) mass is 434 g/mol. The molecule has 1 aliphatic heterocycles. The minimum absolute atomic E-state index is 0.163. The third-order valence-electron chi connectivity index (χ3n) is 5.49. The number of fused-ring (bicyclic) bond motifs is 1. The average Bonchev–Trinajstić information content (AvgIpc) is 2.78. The van der Waals surface area contributed by atoms with Gasteiger partial charge in [0.25, 0.3) is 5.91 Å². The second-order valence-corrected chi connectivity index (χ2v) is 7.83. The van der Waals surface area contributed by atoms with E-state index in [0.717, 1.165) is 16.5 Å². The van der Waals surface area contributed by atoms with Crippen LogP contribution in [0.4, 0.5) is 4.79 Å². The van der Waals surface area contributed by atoms with Gasteiger partial charge in [0.15, 0.2) is 0 Å². The Morgan fingerprint density at radius 3 is 2.42 bits per heavy atom. The molecule has 31 heavy (non-hydrogen) atoms. The molecule has 0 unspecified atom stereocenters. The molecule has 2 aromatic carbocycles. The number of piperazine rings is 1. The number of pyridine rings is 1. The van der Waals surface area contributed by atoms with E-state index >= 15 is 0 Å². The fourth-order valence-electron chi connectivity index (χ4n) is 3.70. The second kappa shape index (κ2) is 8.25. The van der Waals surface area contributed by atoms with E-state index in [9.17, 15) is 9.59 Å². The molecule has 2 amide bonds. The number of halogens is 1. The Kier molecular flexibility index (Phi) is 5.49. The molecular weight excluding hydrogens is 416 g/mol. The summed E-state index contributed by atoms with van der Waals surface area (Å²) in [6.45, 7) is 3.15. The van der Waals surface area contributed by atoms with E-state index < -0.39 is 6.09 Å². The van der Waals surface area contributed by atoms with E-state index in [1.54, 1.807) is 35.2 Å². The summed E-state index contributed by atoms with van der Waals surface area (Å²) in [5.41, 5.74) is 4.02. The van der Waals surface area contributed by atoms with E-state index in [4.69, 9.17) is 27.0 Å². The molecule has 156 valence electrons. The third-order valence-corrected chi connectivity index (χ3v) is 5.80. The van der Waals surface area contributed by atoms with Crippen LogP contribution in [-0.4, -0.2) is 58.1 Å². The van der Waals surface area contributed by atoms with Crippen molar-refractivity contribution in [3.05, 3.63) is 64.2 Å². The number of carbonyl (C=O) groups excluding carboxylic acids is 1. The number of hydrogen-bond acceptors (Lipinski definition) is 4.